The van der Waals surface area contributed by atoms with E-state index >= 15 is 0 Å². The summed E-state index contributed by atoms with van der Waals surface area (Å²) in [6.45, 7) is -0.305. The van der Waals surface area contributed by atoms with Crippen LogP contribution in [0.5, 0.6) is 0 Å². The summed E-state index contributed by atoms with van der Waals surface area (Å²) in [5.74, 6) is -0.611. The summed E-state index contributed by atoms with van der Waals surface area (Å²) in [6, 6.07) is 19.6. The molecule has 2 heterocycles. The fraction of sp³-hybridized carbons (Fsp3) is 0.0476. The fourth-order valence-electron chi connectivity index (χ4n) is 2.82. The Kier molecular flexibility index (Phi) is 5.17. The van der Waals surface area contributed by atoms with Gasteiger partial charge in [0.05, 0.1) is 11.7 Å². The molecule has 0 aliphatic rings. The summed E-state index contributed by atoms with van der Waals surface area (Å²) in [7, 11) is 0. The average Bonchev–Trinajstić information content (AvgIpc) is 3.17. The highest BCUT2D eigenvalue weighted by Crippen LogP contribution is 2.30. The number of rotatable bonds is 4. The zero-order valence-electron chi connectivity index (χ0n) is 15.2. The molecule has 29 heavy (non-hydrogen) atoms. The van der Waals surface area contributed by atoms with Crippen LogP contribution >= 0.6 is 11.3 Å². The van der Waals surface area contributed by atoms with Crippen molar-refractivity contribution in [3.8, 4) is 10.4 Å². The average molecular weight is 404 g/mol. The summed E-state index contributed by atoms with van der Waals surface area (Å²) in [5, 5.41) is 5.20. The van der Waals surface area contributed by atoms with Gasteiger partial charge in [-0.05, 0) is 23.8 Å². The molecule has 0 atom stereocenters. The quantitative estimate of drug-likeness (QED) is 0.545. The lowest BCUT2D eigenvalue weighted by molar-refractivity contribution is -0.120. The number of carbonyl (C=O) groups is 2. The Bertz CT molecular complexity index is 1230. The molecule has 144 valence electrons. The van der Waals surface area contributed by atoms with Crippen LogP contribution in [-0.4, -0.2) is 21.5 Å². The van der Waals surface area contributed by atoms with Crippen molar-refractivity contribution in [3.05, 3.63) is 83.4 Å². The predicted molar refractivity (Wildman–Crippen MR) is 113 cm³/mol. The molecule has 8 heteroatoms. The molecule has 0 saturated heterocycles. The number of carbonyl (C=O) groups excluding carboxylic acids is 2. The normalized spacial score (nSPS) is 10.6. The molecular formula is C21H16N4O3S. The molecule has 4 aromatic rings. The van der Waals surface area contributed by atoms with Crippen LogP contribution < -0.4 is 16.2 Å². The van der Waals surface area contributed by atoms with E-state index in [1.54, 1.807) is 30.3 Å². The summed E-state index contributed by atoms with van der Waals surface area (Å²) < 4.78 is 1.19. The van der Waals surface area contributed by atoms with E-state index in [9.17, 15) is 14.4 Å². The van der Waals surface area contributed by atoms with Gasteiger partial charge < -0.3 is 5.32 Å². The lowest BCUT2D eigenvalue weighted by Gasteiger charge is -2.07. The molecule has 0 fully saturated rings. The van der Waals surface area contributed by atoms with Gasteiger partial charge in [0.25, 0.3) is 5.56 Å². The zero-order valence-corrected chi connectivity index (χ0v) is 16.0. The standard InChI is InChI=1S/C21H16N4O3S/c26-18(24-21(28)23-15-9-5-2-6-10-15)12-25-13-22-19-16(20(25)27)11-17(29-19)14-7-3-1-4-8-14/h1-11,13H,12H2,(H2,23,24,26,28). The molecular weight excluding hydrogens is 388 g/mol. The minimum atomic E-state index is -0.662. The van der Waals surface area contributed by atoms with Crippen molar-refractivity contribution < 1.29 is 9.59 Å². The van der Waals surface area contributed by atoms with Gasteiger partial charge in [0.1, 0.15) is 11.4 Å². The maximum atomic E-state index is 12.7. The number of hydrogen-bond acceptors (Lipinski definition) is 5. The van der Waals surface area contributed by atoms with E-state index in [0.29, 0.717) is 15.9 Å². The number of urea groups is 1. The molecule has 0 saturated carbocycles. The highest BCUT2D eigenvalue weighted by molar-refractivity contribution is 7.21. The monoisotopic (exact) mass is 404 g/mol. The van der Waals surface area contributed by atoms with Crippen LogP contribution in [0.25, 0.3) is 20.7 Å². The molecule has 2 aromatic carbocycles. The van der Waals surface area contributed by atoms with Gasteiger partial charge in [0, 0.05) is 10.6 Å². The lowest BCUT2D eigenvalue weighted by Crippen LogP contribution is -2.38. The maximum Gasteiger partial charge on any atom is 0.325 e. The molecule has 0 bridgehead atoms. The van der Waals surface area contributed by atoms with E-state index < -0.39 is 11.9 Å². The second kappa shape index (κ2) is 8.07. The molecule has 0 unspecified atom stereocenters. The number of amides is 3. The second-order valence-corrected chi connectivity index (χ2v) is 7.27. The second-order valence-electron chi connectivity index (χ2n) is 6.24. The number of nitrogens with one attached hydrogen (secondary N) is 2. The van der Waals surface area contributed by atoms with Crippen LogP contribution in [0.3, 0.4) is 0 Å². The zero-order chi connectivity index (χ0) is 20.2. The Morgan fingerprint density at radius 2 is 1.69 bits per heavy atom. The number of aromatic nitrogens is 2. The molecule has 3 amide bonds. The van der Waals surface area contributed by atoms with Crippen LogP contribution in [0.1, 0.15) is 0 Å². The van der Waals surface area contributed by atoms with Gasteiger partial charge in [-0.3, -0.25) is 19.5 Å². The highest BCUT2D eigenvalue weighted by atomic mass is 32.1. The van der Waals surface area contributed by atoms with Crippen molar-refractivity contribution >= 4 is 39.2 Å². The van der Waals surface area contributed by atoms with Crippen molar-refractivity contribution in [2.45, 2.75) is 6.54 Å². The van der Waals surface area contributed by atoms with E-state index in [-0.39, 0.29) is 12.1 Å². The number of para-hydroxylation sites is 1. The minimum Gasteiger partial charge on any atom is -0.308 e. The Morgan fingerprint density at radius 3 is 2.41 bits per heavy atom. The van der Waals surface area contributed by atoms with Crippen LogP contribution in [0, 0.1) is 0 Å². The summed E-state index contributed by atoms with van der Waals surface area (Å²) >= 11 is 1.41. The van der Waals surface area contributed by atoms with Crippen molar-refractivity contribution in [3.63, 3.8) is 0 Å². The van der Waals surface area contributed by atoms with Gasteiger partial charge >= 0.3 is 6.03 Å². The van der Waals surface area contributed by atoms with E-state index in [1.807, 2.05) is 36.4 Å². The Labute approximate surface area is 169 Å². The summed E-state index contributed by atoms with van der Waals surface area (Å²) in [4.78, 5) is 42.7. The van der Waals surface area contributed by atoms with Gasteiger partial charge in [-0.15, -0.1) is 11.3 Å². The third-order valence-corrected chi connectivity index (χ3v) is 5.27. The third kappa shape index (κ3) is 4.22. The van der Waals surface area contributed by atoms with Gasteiger partial charge in [-0.1, -0.05) is 48.5 Å². The van der Waals surface area contributed by atoms with E-state index in [0.717, 1.165) is 10.4 Å². The first-order valence-electron chi connectivity index (χ1n) is 8.80. The van der Waals surface area contributed by atoms with E-state index in [4.69, 9.17) is 0 Å². The molecule has 2 N–H and O–H groups in total. The fourth-order valence-corrected chi connectivity index (χ4v) is 3.82. The number of imide groups is 1. The molecule has 0 aliphatic heterocycles. The third-order valence-electron chi connectivity index (χ3n) is 4.17. The molecule has 4 rings (SSSR count). The Balaban J connectivity index is 1.49. The summed E-state index contributed by atoms with van der Waals surface area (Å²) in [5.41, 5.74) is 1.23. The topological polar surface area (TPSA) is 93.1 Å². The number of anilines is 1. The van der Waals surface area contributed by atoms with Gasteiger partial charge in [-0.2, -0.15) is 0 Å². The summed E-state index contributed by atoms with van der Waals surface area (Å²) in [6.07, 6.45) is 1.32. The number of hydrogen-bond donors (Lipinski definition) is 2. The van der Waals surface area contributed by atoms with Gasteiger partial charge in [0.15, 0.2) is 0 Å². The molecule has 0 radical (unpaired) electrons. The van der Waals surface area contributed by atoms with Crippen molar-refractivity contribution in [2.75, 3.05) is 5.32 Å². The number of fused-ring (bicyclic) bond motifs is 1. The van der Waals surface area contributed by atoms with E-state index in [2.05, 4.69) is 15.6 Å². The molecule has 2 aromatic heterocycles. The number of benzene rings is 2. The van der Waals surface area contributed by atoms with Crippen LogP contribution in [0.4, 0.5) is 10.5 Å². The Hall–Kier alpha value is -3.78. The number of thiophene rings is 1. The Morgan fingerprint density at radius 1 is 1.00 bits per heavy atom. The first kappa shape index (κ1) is 18.6. The highest BCUT2D eigenvalue weighted by Gasteiger charge is 2.14. The van der Waals surface area contributed by atoms with Gasteiger partial charge in [-0.25, -0.2) is 9.78 Å². The van der Waals surface area contributed by atoms with Crippen molar-refractivity contribution in [1.82, 2.24) is 14.9 Å². The first-order valence-corrected chi connectivity index (χ1v) is 9.62. The van der Waals surface area contributed by atoms with E-state index in [1.165, 1.54) is 22.2 Å². The van der Waals surface area contributed by atoms with Crippen LogP contribution in [-0.2, 0) is 11.3 Å². The SMILES string of the molecule is O=C(Cn1cnc2sc(-c3ccccc3)cc2c1=O)NC(=O)Nc1ccccc1. The van der Waals surface area contributed by atoms with Crippen LogP contribution in [0.2, 0.25) is 0 Å². The van der Waals surface area contributed by atoms with Crippen molar-refractivity contribution in [2.24, 2.45) is 0 Å². The van der Waals surface area contributed by atoms with Crippen LogP contribution in [0.15, 0.2) is 77.9 Å². The smallest absolute Gasteiger partial charge is 0.308 e. The maximum absolute atomic E-state index is 12.7. The predicted octanol–water partition coefficient (Wildman–Crippen LogP) is 3.47. The first-order chi connectivity index (χ1) is 14.1. The number of nitrogens with zero attached hydrogens (tertiary/aromatic N) is 2. The lowest BCUT2D eigenvalue weighted by atomic mass is 10.2. The molecule has 0 aliphatic carbocycles. The minimum absolute atomic E-state index is 0.305. The van der Waals surface area contributed by atoms with Crippen molar-refractivity contribution in [1.29, 1.82) is 0 Å². The largest absolute Gasteiger partial charge is 0.325 e. The molecule has 0 spiro atoms. The molecule has 7 nitrogen and oxygen atoms in total. The van der Waals surface area contributed by atoms with Gasteiger partial charge in [0.2, 0.25) is 5.91 Å².